The molecule has 6 heteroatoms. The molecule has 0 aliphatic carbocycles. The zero-order chi connectivity index (χ0) is 10.6. The average Bonchev–Trinajstić information content (AvgIpc) is 2.56. The van der Waals surface area contributed by atoms with Crippen molar-refractivity contribution in [1.29, 1.82) is 0 Å². The second-order valence-corrected chi connectivity index (χ2v) is 3.26. The van der Waals surface area contributed by atoms with Crippen molar-refractivity contribution in [2.75, 3.05) is 6.61 Å². The minimum Gasteiger partial charge on any atom is -0.462 e. The summed E-state index contributed by atoms with van der Waals surface area (Å²) in [5, 5.41) is 1.58. The SMILES string of the molecule is CCOC(=O)C(F)(F)Cc1ccsn1. The Bertz CT molecular complexity index is 300. The fourth-order valence-corrected chi connectivity index (χ4v) is 1.40. The number of carbonyl (C=O) groups is 1. The van der Waals surface area contributed by atoms with Crippen LogP contribution in [0.4, 0.5) is 8.78 Å². The quantitative estimate of drug-likeness (QED) is 0.729. The van der Waals surface area contributed by atoms with Gasteiger partial charge in [-0.3, -0.25) is 0 Å². The summed E-state index contributed by atoms with van der Waals surface area (Å²) in [6.07, 6.45) is -0.699. The Hall–Kier alpha value is -1.04. The van der Waals surface area contributed by atoms with Gasteiger partial charge in [0.2, 0.25) is 0 Å². The van der Waals surface area contributed by atoms with Crippen LogP contribution < -0.4 is 0 Å². The van der Waals surface area contributed by atoms with E-state index < -0.39 is 18.3 Å². The van der Waals surface area contributed by atoms with Gasteiger partial charge in [-0.15, -0.1) is 0 Å². The van der Waals surface area contributed by atoms with Gasteiger partial charge < -0.3 is 4.74 Å². The molecule has 1 rings (SSSR count). The van der Waals surface area contributed by atoms with Crippen molar-refractivity contribution in [3.63, 3.8) is 0 Å². The van der Waals surface area contributed by atoms with E-state index in [0.717, 1.165) is 11.5 Å². The van der Waals surface area contributed by atoms with Crippen molar-refractivity contribution in [2.45, 2.75) is 19.3 Å². The number of rotatable bonds is 4. The number of alkyl halides is 2. The summed E-state index contributed by atoms with van der Waals surface area (Å²) in [5.41, 5.74) is 0.202. The van der Waals surface area contributed by atoms with Gasteiger partial charge in [-0.1, -0.05) is 0 Å². The Labute approximate surface area is 83.9 Å². The van der Waals surface area contributed by atoms with E-state index >= 15 is 0 Å². The third-order valence-electron chi connectivity index (χ3n) is 1.47. The van der Waals surface area contributed by atoms with Gasteiger partial charge in [0, 0.05) is 5.38 Å². The third-order valence-corrected chi connectivity index (χ3v) is 2.07. The molecule has 0 saturated carbocycles. The molecule has 0 fully saturated rings. The highest BCUT2D eigenvalue weighted by Crippen LogP contribution is 2.21. The Morgan fingerprint density at radius 3 is 2.93 bits per heavy atom. The molecule has 78 valence electrons. The van der Waals surface area contributed by atoms with Crippen molar-refractivity contribution in [3.8, 4) is 0 Å². The van der Waals surface area contributed by atoms with Crippen LogP contribution in [0, 0.1) is 0 Å². The van der Waals surface area contributed by atoms with E-state index in [2.05, 4.69) is 9.11 Å². The first-order valence-corrected chi connectivity index (χ1v) is 4.84. The number of esters is 1. The minimum absolute atomic E-state index is 0.0501. The molecule has 0 bridgehead atoms. The summed E-state index contributed by atoms with van der Waals surface area (Å²) >= 11 is 1.07. The van der Waals surface area contributed by atoms with Gasteiger partial charge in [0.05, 0.1) is 18.7 Å². The zero-order valence-electron chi connectivity index (χ0n) is 7.50. The normalized spacial score (nSPS) is 11.4. The number of hydrogen-bond donors (Lipinski definition) is 0. The van der Waals surface area contributed by atoms with Gasteiger partial charge in [0.25, 0.3) is 0 Å². The summed E-state index contributed by atoms with van der Waals surface area (Å²) in [6.45, 7) is 1.43. The van der Waals surface area contributed by atoms with Gasteiger partial charge in [-0.2, -0.15) is 13.2 Å². The maximum Gasteiger partial charge on any atom is 0.377 e. The van der Waals surface area contributed by atoms with Gasteiger partial charge in [-0.25, -0.2) is 4.79 Å². The number of carbonyl (C=O) groups excluding carboxylic acids is 1. The molecule has 1 heterocycles. The monoisotopic (exact) mass is 221 g/mol. The second kappa shape index (κ2) is 4.45. The fourth-order valence-electron chi connectivity index (χ4n) is 0.865. The van der Waals surface area contributed by atoms with Crippen LogP contribution in [-0.2, 0) is 16.0 Å². The van der Waals surface area contributed by atoms with Crippen molar-refractivity contribution in [2.24, 2.45) is 0 Å². The lowest BCUT2D eigenvalue weighted by atomic mass is 10.2. The molecule has 0 amide bonds. The molecule has 14 heavy (non-hydrogen) atoms. The van der Waals surface area contributed by atoms with Crippen molar-refractivity contribution in [3.05, 3.63) is 17.1 Å². The van der Waals surface area contributed by atoms with E-state index in [1.807, 2.05) is 0 Å². The lowest BCUT2D eigenvalue weighted by molar-refractivity contribution is -0.171. The van der Waals surface area contributed by atoms with E-state index in [-0.39, 0.29) is 12.3 Å². The number of nitrogens with zero attached hydrogens (tertiary/aromatic N) is 1. The summed E-state index contributed by atoms with van der Waals surface area (Å²) in [4.78, 5) is 10.8. The van der Waals surface area contributed by atoms with Crippen LogP contribution in [-0.4, -0.2) is 22.9 Å². The number of halogens is 2. The Morgan fingerprint density at radius 1 is 1.71 bits per heavy atom. The summed E-state index contributed by atoms with van der Waals surface area (Å²) in [6, 6.07) is 1.46. The molecule has 0 atom stereocenters. The predicted octanol–water partition coefficient (Wildman–Crippen LogP) is 1.88. The highest BCUT2D eigenvalue weighted by atomic mass is 32.1. The molecule has 0 saturated heterocycles. The van der Waals surface area contributed by atoms with Gasteiger partial charge >= 0.3 is 11.9 Å². The Balaban J connectivity index is 2.61. The Kier molecular flexibility index (Phi) is 3.51. The van der Waals surface area contributed by atoms with Crippen LogP contribution >= 0.6 is 11.5 Å². The van der Waals surface area contributed by atoms with Crippen molar-refractivity contribution < 1.29 is 18.3 Å². The minimum atomic E-state index is -3.48. The standard InChI is InChI=1S/C8H9F2NO2S/c1-2-13-7(12)8(9,10)5-6-3-4-14-11-6/h3-4H,2,5H2,1H3. The first-order chi connectivity index (χ1) is 6.56. The molecular weight excluding hydrogens is 212 g/mol. The Morgan fingerprint density at radius 2 is 2.43 bits per heavy atom. The number of hydrogen-bond acceptors (Lipinski definition) is 4. The molecule has 1 aromatic rings. The van der Waals surface area contributed by atoms with Gasteiger partial charge in [0.1, 0.15) is 0 Å². The van der Waals surface area contributed by atoms with Crippen LogP contribution in [0.1, 0.15) is 12.6 Å². The topological polar surface area (TPSA) is 39.2 Å². The van der Waals surface area contributed by atoms with E-state index in [0.29, 0.717) is 0 Å². The lowest BCUT2D eigenvalue weighted by Crippen LogP contribution is -2.33. The summed E-state index contributed by atoms with van der Waals surface area (Å²) in [7, 11) is 0. The largest absolute Gasteiger partial charge is 0.462 e. The van der Waals surface area contributed by atoms with Gasteiger partial charge in [-0.05, 0) is 24.5 Å². The van der Waals surface area contributed by atoms with Crippen LogP contribution in [0.3, 0.4) is 0 Å². The second-order valence-electron chi connectivity index (χ2n) is 2.59. The maximum atomic E-state index is 13.1. The van der Waals surface area contributed by atoms with Crippen LogP contribution in [0.25, 0.3) is 0 Å². The molecule has 0 N–H and O–H groups in total. The summed E-state index contributed by atoms with van der Waals surface area (Å²) in [5.74, 6) is -4.97. The zero-order valence-corrected chi connectivity index (χ0v) is 8.31. The first-order valence-electron chi connectivity index (χ1n) is 4.00. The summed E-state index contributed by atoms with van der Waals surface area (Å²) < 4.78 is 34.1. The molecule has 0 aromatic carbocycles. The highest BCUT2D eigenvalue weighted by Gasteiger charge is 2.41. The fraction of sp³-hybridized carbons (Fsp3) is 0.500. The molecule has 0 radical (unpaired) electrons. The molecule has 0 aliphatic heterocycles. The van der Waals surface area contributed by atoms with Crippen LogP contribution in [0.15, 0.2) is 11.4 Å². The number of aromatic nitrogens is 1. The molecular formula is C8H9F2NO2S. The van der Waals surface area contributed by atoms with Crippen molar-refractivity contribution >= 4 is 17.5 Å². The third kappa shape index (κ3) is 2.73. The molecule has 0 unspecified atom stereocenters. The highest BCUT2D eigenvalue weighted by molar-refractivity contribution is 7.03. The molecule has 1 aromatic heterocycles. The van der Waals surface area contributed by atoms with E-state index in [4.69, 9.17) is 0 Å². The predicted molar refractivity (Wildman–Crippen MR) is 47.4 cm³/mol. The molecule has 0 spiro atoms. The van der Waals surface area contributed by atoms with Gasteiger partial charge in [0.15, 0.2) is 0 Å². The maximum absolute atomic E-state index is 13.1. The van der Waals surface area contributed by atoms with E-state index in [1.54, 1.807) is 5.38 Å². The lowest BCUT2D eigenvalue weighted by Gasteiger charge is -2.12. The van der Waals surface area contributed by atoms with Crippen molar-refractivity contribution in [1.82, 2.24) is 4.37 Å². The number of ether oxygens (including phenoxy) is 1. The van der Waals surface area contributed by atoms with E-state index in [1.165, 1.54) is 13.0 Å². The first kappa shape index (κ1) is 11.0. The van der Waals surface area contributed by atoms with Crippen LogP contribution in [0.5, 0.6) is 0 Å². The molecule has 0 aliphatic rings. The van der Waals surface area contributed by atoms with Crippen LogP contribution in [0.2, 0.25) is 0 Å². The molecule has 3 nitrogen and oxygen atoms in total. The smallest absolute Gasteiger partial charge is 0.377 e. The van der Waals surface area contributed by atoms with E-state index in [9.17, 15) is 13.6 Å². The average molecular weight is 221 g/mol.